The summed E-state index contributed by atoms with van der Waals surface area (Å²) in [6.45, 7) is 6.73. The molecule has 2 aliphatic heterocycles. The number of aromatic nitrogens is 1. The fraction of sp³-hybridized carbons (Fsp3) is 0.440. The number of ether oxygens (including phenoxy) is 1. The maximum absolute atomic E-state index is 15.3. The Hall–Kier alpha value is -3.87. The van der Waals surface area contributed by atoms with Crippen molar-refractivity contribution in [3.63, 3.8) is 0 Å². The van der Waals surface area contributed by atoms with E-state index in [0.717, 1.165) is 5.69 Å². The van der Waals surface area contributed by atoms with E-state index in [1.807, 2.05) is 30.9 Å². The standard InChI is InChI=1S/C25H29FN6O3/c1-17(33)29-13-20-14-32(23(34)35-20)19-6-7-22(21(26)11-19)31-10-8-25(15-27,24(2,3)16-31)30-18-5-4-9-28-12-18/h4-7,9,11-12,20,30H,8,10,13-14,16H2,1-3H3,(H,29,33). The number of carbonyl (C=O) groups is 2. The topological polar surface area (TPSA) is 111 Å². The predicted molar refractivity (Wildman–Crippen MR) is 130 cm³/mol. The number of cyclic esters (lactones) is 1. The summed E-state index contributed by atoms with van der Waals surface area (Å²) in [5.41, 5.74) is 0.210. The molecule has 184 valence electrons. The van der Waals surface area contributed by atoms with E-state index in [9.17, 15) is 14.9 Å². The Labute approximate surface area is 203 Å². The number of carbonyl (C=O) groups excluding carboxylic acids is 2. The molecule has 2 unspecified atom stereocenters. The predicted octanol–water partition coefficient (Wildman–Crippen LogP) is 3.29. The minimum Gasteiger partial charge on any atom is -0.442 e. The molecule has 0 bridgehead atoms. The number of amides is 2. The zero-order valence-electron chi connectivity index (χ0n) is 20.0. The van der Waals surface area contributed by atoms with E-state index in [1.54, 1.807) is 24.5 Å². The molecule has 4 rings (SSSR count). The Kier molecular flexibility index (Phi) is 6.52. The molecule has 2 amide bonds. The van der Waals surface area contributed by atoms with Gasteiger partial charge in [0.15, 0.2) is 0 Å². The molecule has 1 aromatic carbocycles. The van der Waals surface area contributed by atoms with Gasteiger partial charge >= 0.3 is 6.09 Å². The molecule has 35 heavy (non-hydrogen) atoms. The molecule has 9 nitrogen and oxygen atoms in total. The van der Waals surface area contributed by atoms with Crippen molar-refractivity contribution < 1.29 is 18.7 Å². The lowest BCUT2D eigenvalue weighted by molar-refractivity contribution is -0.119. The van der Waals surface area contributed by atoms with E-state index in [2.05, 4.69) is 21.7 Å². The van der Waals surface area contributed by atoms with Gasteiger partial charge in [-0.05, 0) is 30.3 Å². The van der Waals surface area contributed by atoms with Crippen molar-refractivity contribution in [2.45, 2.75) is 38.8 Å². The van der Waals surface area contributed by atoms with E-state index in [-0.39, 0.29) is 19.0 Å². The minimum absolute atomic E-state index is 0.203. The van der Waals surface area contributed by atoms with Gasteiger partial charge < -0.3 is 20.3 Å². The monoisotopic (exact) mass is 480 g/mol. The molecule has 0 radical (unpaired) electrons. The molecule has 0 spiro atoms. The van der Waals surface area contributed by atoms with E-state index in [1.165, 1.54) is 17.9 Å². The third-order valence-electron chi connectivity index (χ3n) is 6.74. The summed E-state index contributed by atoms with van der Waals surface area (Å²) in [4.78, 5) is 30.8. The number of benzene rings is 1. The first-order chi connectivity index (χ1) is 16.6. The van der Waals surface area contributed by atoms with Crippen LogP contribution in [-0.2, 0) is 9.53 Å². The summed E-state index contributed by atoms with van der Waals surface area (Å²) in [7, 11) is 0. The van der Waals surface area contributed by atoms with Crippen LogP contribution in [0, 0.1) is 22.6 Å². The second kappa shape index (κ2) is 9.41. The van der Waals surface area contributed by atoms with E-state index >= 15 is 4.39 Å². The zero-order chi connectivity index (χ0) is 25.2. The van der Waals surface area contributed by atoms with Crippen LogP contribution in [-0.4, -0.2) is 54.8 Å². The fourth-order valence-corrected chi connectivity index (χ4v) is 4.70. The minimum atomic E-state index is -0.842. The first-order valence-corrected chi connectivity index (χ1v) is 11.5. The highest BCUT2D eigenvalue weighted by molar-refractivity contribution is 5.90. The third-order valence-corrected chi connectivity index (χ3v) is 6.74. The summed E-state index contributed by atoms with van der Waals surface area (Å²) in [5, 5.41) is 16.1. The molecule has 10 heteroatoms. The largest absolute Gasteiger partial charge is 0.442 e. The van der Waals surface area contributed by atoms with Crippen molar-refractivity contribution in [2.75, 3.05) is 41.3 Å². The van der Waals surface area contributed by atoms with Crippen molar-refractivity contribution >= 4 is 29.1 Å². The van der Waals surface area contributed by atoms with E-state index in [0.29, 0.717) is 30.9 Å². The number of halogens is 1. The maximum atomic E-state index is 15.3. The molecular formula is C25H29FN6O3. The summed E-state index contributed by atoms with van der Waals surface area (Å²) in [6, 6.07) is 10.8. The molecule has 2 N–H and O–H groups in total. The average molecular weight is 481 g/mol. The summed E-state index contributed by atoms with van der Waals surface area (Å²) < 4.78 is 20.5. The normalized spacial score (nSPS) is 23.4. The van der Waals surface area contributed by atoms with Crippen LogP contribution in [0.2, 0.25) is 0 Å². The lowest BCUT2D eigenvalue weighted by Crippen LogP contribution is -2.60. The molecule has 2 aromatic rings. The number of hydrogen-bond acceptors (Lipinski definition) is 7. The van der Waals surface area contributed by atoms with Crippen LogP contribution in [0.5, 0.6) is 0 Å². The second-order valence-electron chi connectivity index (χ2n) is 9.63. The first kappa shape index (κ1) is 24.3. The van der Waals surface area contributed by atoms with Crippen LogP contribution in [0.15, 0.2) is 42.7 Å². The van der Waals surface area contributed by atoms with Gasteiger partial charge in [-0.2, -0.15) is 5.26 Å². The van der Waals surface area contributed by atoms with Gasteiger partial charge in [0.25, 0.3) is 0 Å². The van der Waals surface area contributed by atoms with Gasteiger partial charge in [0.05, 0.1) is 36.2 Å². The number of rotatable bonds is 6. The molecular weight excluding hydrogens is 451 g/mol. The van der Waals surface area contributed by atoms with Crippen molar-refractivity contribution in [2.24, 2.45) is 5.41 Å². The number of nitrogens with one attached hydrogen (secondary N) is 2. The third kappa shape index (κ3) is 4.85. The number of nitriles is 1. The Morgan fingerprint density at radius 2 is 2.17 bits per heavy atom. The quantitative estimate of drug-likeness (QED) is 0.653. The van der Waals surface area contributed by atoms with Crippen LogP contribution in [0.1, 0.15) is 27.2 Å². The molecule has 2 fully saturated rings. The highest BCUT2D eigenvalue weighted by Gasteiger charge is 2.50. The Balaban J connectivity index is 1.48. The van der Waals surface area contributed by atoms with Gasteiger partial charge in [-0.3, -0.25) is 14.7 Å². The number of piperidine rings is 1. The maximum Gasteiger partial charge on any atom is 0.414 e. The fourth-order valence-electron chi connectivity index (χ4n) is 4.70. The average Bonchev–Trinajstić information content (AvgIpc) is 3.20. The summed E-state index contributed by atoms with van der Waals surface area (Å²) >= 11 is 0. The lowest BCUT2D eigenvalue weighted by Gasteiger charge is -2.50. The van der Waals surface area contributed by atoms with Gasteiger partial charge in [-0.15, -0.1) is 0 Å². The number of hydrogen-bond donors (Lipinski definition) is 2. The van der Waals surface area contributed by atoms with Crippen LogP contribution < -0.4 is 20.4 Å². The number of nitrogens with zero attached hydrogens (tertiary/aromatic N) is 4. The molecule has 0 aliphatic carbocycles. The van der Waals surface area contributed by atoms with Gasteiger partial charge in [0.1, 0.15) is 17.5 Å². The van der Waals surface area contributed by atoms with Gasteiger partial charge in [-0.1, -0.05) is 13.8 Å². The second-order valence-corrected chi connectivity index (χ2v) is 9.63. The smallest absolute Gasteiger partial charge is 0.414 e. The van der Waals surface area contributed by atoms with Crippen molar-refractivity contribution in [3.8, 4) is 6.07 Å². The first-order valence-electron chi connectivity index (χ1n) is 11.5. The van der Waals surface area contributed by atoms with Crippen LogP contribution in [0.4, 0.5) is 26.2 Å². The Morgan fingerprint density at radius 1 is 1.37 bits per heavy atom. The molecule has 2 atom stereocenters. The highest BCUT2D eigenvalue weighted by Crippen LogP contribution is 2.42. The van der Waals surface area contributed by atoms with Gasteiger partial charge in [-0.25, -0.2) is 9.18 Å². The van der Waals surface area contributed by atoms with E-state index < -0.39 is 29.0 Å². The summed E-state index contributed by atoms with van der Waals surface area (Å²) in [5.74, 6) is -0.670. The van der Waals surface area contributed by atoms with Crippen LogP contribution in [0.25, 0.3) is 0 Å². The number of anilines is 3. The molecule has 2 saturated heterocycles. The van der Waals surface area contributed by atoms with Crippen molar-refractivity contribution in [1.29, 1.82) is 5.26 Å². The molecule has 1 aromatic heterocycles. The van der Waals surface area contributed by atoms with Crippen molar-refractivity contribution in [1.82, 2.24) is 10.3 Å². The Morgan fingerprint density at radius 3 is 2.80 bits per heavy atom. The molecule has 0 saturated carbocycles. The molecule has 3 heterocycles. The molecule has 2 aliphatic rings. The number of pyridine rings is 1. The highest BCUT2D eigenvalue weighted by atomic mass is 19.1. The lowest BCUT2D eigenvalue weighted by atomic mass is 9.68. The van der Waals surface area contributed by atoms with Gasteiger partial charge in [0, 0.05) is 44.2 Å². The summed E-state index contributed by atoms with van der Waals surface area (Å²) in [6.07, 6.45) is 2.77. The SMILES string of the molecule is CC(=O)NCC1CN(c2ccc(N3CCC(C#N)(Nc4cccnc4)C(C)(C)C3)c(F)c2)C(=O)O1. The zero-order valence-corrected chi connectivity index (χ0v) is 20.0. The van der Waals surface area contributed by atoms with Crippen LogP contribution in [0.3, 0.4) is 0 Å². The van der Waals surface area contributed by atoms with E-state index in [4.69, 9.17) is 4.74 Å². The van der Waals surface area contributed by atoms with Gasteiger partial charge in [0.2, 0.25) is 5.91 Å². The van der Waals surface area contributed by atoms with Crippen molar-refractivity contribution in [3.05, 3.63) is 48.5 Å². The van der Waals surface area contributed by atoms with Crippen LogP contribution >= 0.6 is 0 Å². The Bertz CT molecular complexity index is 1150.